The van der Waals surface area contributed by atoms with E-state index in [-0.39, 0.29) is 24.9 Å². The predicted octanol–water partition coefficient (Wildman–Crippen LogP) is 3.99. The van der Waals surface area contributed by atoms with Crippen molar-refractivity contribution in [2.75, 3.05) is 0 Å². The van der Waals surface area contributed by atoms with E-state index in [1.54, 1.807) is 19.1 Å². The van der Waals surface area contributed by atoms with Crippen LogP contribution in [0.1, 0.15) is 43.9 Å². The van der Waals surface area contributed by atoms with Crippen LogP contribution >= 0.6 is 11.3 Å². The number of tetrazole rings is 1. The highest BCUT2D eigenvalue weighted by molar-refractivity contribution is 7.13. The molecular weight excluding hydrogens is 464 g/mol. The first-order chi connectivity index (χ1) is 16.7. The molecular formula is C25H28N6O3S. The van der Waals surface area contributed by atoms with Crippen LogP contribution in [0, 0.1) is 6.92 Å². The normalized spacial score (nSPS) is 12.3. The number of nitrogens with one attached hydrogen (secondary N) is 1. The van der Waals surface area contributed by atoms with E-state index >= 15 is 0 Å². The number of aryl methyl sites for hydroxylation is 1. The van der Waals surface area contributed by atoms with Crippen molar-refractivity contribution in [2.24, 2.45) is 0 Å². The summed E-state index contributed by atoms with van der Waals surface area (Å²) in [6.45, 7) is 7.51. The van der Waals surface area contributed by atoms with Crippen molar-refractivity contribution in [2.45, 2.75) is 52.4 Å². The summed E-state index contributed by atoms with van der Waals surface area (Å²) < 4.78 is 5.85. The Morgan fingerprint density at radius 1 is 1.11 bits per heavy atom. The standard InChI is InChI=1S/C25H28N6O3S/c1-17-12-13-19(34-17)22(24(33)26-25(2,3)4)30(15-18-9-6-5-7-10-18)21(32)16-31-28-23(27-29-31)20-11-8-14-35-20/h5-14,22H,15-16H2,1-4H3,(H,26,33)/t22-/m1/s1. The lowest BCUT2D eigenvalue weighted by atomic mass is 10.1. The van der Waals surface area contributed by atoms with E-state index in [0.29, 0.717) is 17.3 Å². The lowest BCUT2D eigenvalue weighted by molar-refractivity contribution is -0.143. The van der Waals surface area contributed by atoms with Gasteiger partial charge in [-0.3, -0.25) is 9.59 Å². The number of rotatable bonds is 8. The molecule has 1 aromatic carbocycles. The lowest BCUT2D eigenvalue weighted by Gasteiger charge is -2.32. The molecule has 0 saturated carbocycles. The summed E-state index contributed by atoms with van der Waals surface area (Å²) in [6.07, 6.45) is 0. The van der Waals surface area contributed by atoms with Crippen LogP contribution in [0.5, 0.6) is 0 Å². The van der Waals surface area contributed by atoms with E-state index < -0.39 is 11.6 Å². The first-order valence-electron chi connectivity index (χ1n) is 11.2. The van der Waals surface area contributed by atoms with Gasteiger partial charge in [-0.25, -0.2) is 0 Å². The quantitative estimate of drug-likeness (QED) is 0.399. The third-order valence-electron chi connectivity index (χ3n) is 5.08. The Morgan fingerprint density at radius 2 is 1.89 bits per heavy atom. The number of benzene rings is 1. The van der Waals surface area contributed by atoms with Crippen molar-refractivity contribution in [1.82, 2.24) is 30.4 Å². The van der Waals surface area contributed by atoms with Gasteiger partial charge in [0.25, 0.3) is 5.91 Å². The fourth-order valence-electron chi connectivity index (χ4n) is 3.59. The maximum atomic E-state index is 13.7. The summed E-state index contributed by atoms with van der Waals surface area (Å²) in [5, 5.41) is 17.4. The van der Waals surface area contributed by atoms with Gasteiger partial charge in [0.1, 0.15) is 18.1 Å². The Morgan fingerprint density at radius 3 is 2.51 bits per heavy atom. The Kier molecular flexibility index (Phi) is 7.11. The van der Waals surface area contributed by atoms with Crippen LogP contribution in [-0.4, -0.2) is 42.5 Å². The molecule has 0 radical (unpaired) electrons. The lowest BCUT2D eigenvalue weighted by Crippen LogP contribution is -2.49. The predicted molar refractivity (Wildman–Crippen MR) is 132 cm³/mol. The molecule has 0 aliphatic rings. The third-order valence-corrected chi connectivity index (χ3v) is 5.94. The van der Waals surface area contributed by atoms with Crippen molar-refractivity contribution in [3.8, 4) is 10.7 Å². The molecule has 2 amide bonds. The van der Waals surface area contributed by atoms with Crippen LogP contribution in [0.4, 0.5) is 0 Å². The van der Waals surface area contributed by atoms with E-state index in [0.717, 1.165) is 10.4 Å². The van der Waals surface area contributed by atoms with Gasteiger partial charge in [0.15, 0.2) is 6.04 Å². The molecule has 0 aliphatic carbocycles. The molecule has 10 heteroatoms. The van der Waals surface area contributed by atoms with E-state index in [1.165, 1.54) is 21.0 Å². The largest absolute Gasteiger partial charge is 0.464 e. The molecule has 0 bridgehead atoms. The van der Waals surface area contributed by atoms with Crippen LogP contribution in [0.25, 0.3) is 10.7 Å². The number of hydrogen-bond donors (Lipinski definition) is 1. The molecule has 3 heterocycles. The van der Waals surface area contributed by atoms with Gasteiger partial charge < -0.3 is 14.6 Å². The number of nitrogens with zero attached hydrogens (tertiary/aromatic N) is 5. The molecule has 1 atom stereocenters. The van der Waals surface area contributed by atoms with E-state index in [9.17, 15) is 9.59 Å². The summed E-state index contributed by atoms with van der Waals surface area (Å²) in [7, 11) is 0. The molecule has 0 unspecified atom stereocenters. The van der Waals surface area contributed by atoms with Gasteiger partial charge in [0, 0.05) is 12.1 Å². The van der Waals surface area contributed by atoms with E-state index in [4.69, 9.17) is 4.42 Å². The minimum Gasteiger partial charge on any atom is -0.464 e. The smallest absolute Gasteiger partial charge is 0.251 e. The average Bonchev–Trinajstić information content (AvgIpc) is 3.55. The first kappa shape index (κ1) is 24.3. The summed E-state index contributed by atoms with van der Waals surface area (Å²) in [4.78, 5) is 30.8. The topological polar surface area (TPSA) is 106 Å². The molecule has 3 aromatic heterocycles. The molecule has 1 N–H and O–H groups in total. The van der Waals surface area contributed by atoms with Gasteiger partial charge in [0.05, 0.1) is 4.88 Å². The van der Waals surface area contributed by atoms with Gasteiger partial charge in [-0.2, -0.15) is 4.80 Å². The summed E-state index contributed by atoms with van der Waals surface area (Å²) in [5.41, 5.74) is 0.380. The SMILES string of the molecule is Cc1ccc([C@H](C(=O)NC(C)(C)C)N(Cc2ccccc2)C(=O)Cn2nnc(-c3cccs3)n2)o1. The number of aromatic nitrogens is 4. The number of thiophene rings is 1. The third kappa shape index (κ3) is 6.21. The molecule has 4 aromatic rings. The van der Waals surface area contributed by atoms with Crippen LogP contribution in [0.2, 0.25) is 0 Å². The second kappa shape index (κ2) is 10.2. The minimum absolute atomic E-state index is 0.176. The second-order valence-corrected chi connectivity index (χ2v) is 10.2. The van der Waals surface area contributed by atoms with Crippen LogP contribution in [0.15, 0.2) is 64.4 Å². The highest BCUT2D eigenvalue weighted by Gasteiger charge is 2.36. The van der Waals surface area contributed by atoms with Crippen LogP contribution in [-0.2, 0) is 22.7 Å². The van der Waals surface area contributed by atoms with Crippen molar-refractivity contribution in [3.63, 3.8) is 0 Å². The van der Waals surface area contributed by atoms with Crippen molar-refractivity contribution < 1.29 is 14.0 Å². The van der Waals surface area contributed by atoms with Crippen molar-refractivity contribution in [3.05, 3.63) is 77.1 Å². The Balaban J connectivity index is 1.68. The number of carbonyl (C=O) groups excluding carboxylic acids is 2. The Hall–Kier alpha value is -3.79. The number of carbonyl (C=O) groups is 2. The highest BCUT2D eigenvalue weighted by Crippen LogP contribution is 2.27. The molecule has 0 fully saturated rings. The summed E-state index contributed by atoms with van der Waals surface area (Å²) in [5.74, 6) is 0.818. The molecule has 0 saturated heterocycles. The number of amides is 2. The number of hydrogen-bond acceptors (Lipinski definition) is 7. The van der Waals surface area contributed by atoms with Gasteiger partial charge in [-0.1, -0.05) is 36.4 Å². The summed E-state index contributed by atoms with van der Waals surface area (Å²) >= 11 is 1.49. The number of furan rings is 1. The average molecular weight is 493 g/mol. The summed E-state index contributed by atoms with van der Waals surface area (Å²) in [6, 6.07) is 15.8. The zero-order chi connectivity index (χ0) is 25.0. The van der Waals surface area contributed by atoms with Gasteiger partial charge in [0.2, 0.25) is 11.7 Å². The Labute approximate surface area is 207 Å². The zero-order valence-corrected chi connectivity index (χ0v) is 21.0. The van der Waals surface area contributed by atoms with Crippen molar-refractivity contribution in [1.29, 1.82) is 0 Å². The molecule has 35 heavy (non-hydrogen) atoms. The van der Waals surface area contributed by atoms with Gasteiger partial charge in [-0.05, 0) is 62.1 Å². The highest BCUT2D eigenvalue weighted by atomic mass is 32.1. The van der Waals surface area contributed by atoms with E-state index in [1.807, 2.05) is 68.6 Å². The fourth-order valence-corrected chi connectivity index (χ4v) is 4.24. The molecule has 0 spiro atoms. The monoisotopic (exact) mass is 492 g/mol. The fraction of sp³-hybridized carbons (Fsp3) is 0.320. The maximum absolute atomic E-state index is 13.7. The molecule has 9 nitrogen and oxygen atoms in total. The van der Waals surface area contributed by atoms with Crippen LogP contribution < -0.4 is 5.32 Å². The Bertz CT molecular complexity index is 1270. The van der Waals surface area contributed by atoms with Crippen LogP contribution in [0.3, 0.4) is 0 Å². The zero-order valence-electron chi connectivity index (χ0n) is 20.1. The van der Waals surface area contributed by atoms with Crippen molar-refractivity contribution >= 4 is 23.2 Å². The minimum atomic E-state index is -0.976. The molecule has 0 aliphatic heterocycles. The van der Waals surface area contributed by atoms with Gasteiger partial charge >= 0.3 is 0 Å². The molecule has 182 valence electrons. The first-order valence-corrected chi connectivity index (χ1v) is 12.1. The maximum Gasteiger partial charge on any atom is 0.251 e. The second-order valence-electron chi connectivity index (χ2n) is 9.22. The van der Waals surface area contributed by atoms with Gasteiger partial charge in [-0.15, -0.1) is 21.5 Å². The van der Waals surface area contributed by atoms with E-state index in [2.05, 4.69) is 20.7 Å². The molecule has 4 rings (SSSR count).